The van der Waals surface area contributed by atoms with E-state index in [1.165, 1.54) is 0 Å². The first-order valence-electron chi connectivity index (χ1n) is 9.78. The van der Waals surface area contributed by atoms with Crippen LogP contribution in [0.3, 0.4) is 0 Å². The molecule has 33 heavy (non-hydrogen) atoms. The van der Waals surface area contributed by atoms with Gasteiger partial charge >= 0.3 is 0 Å². The van der Waals surface area contributed by atoms with Crippen molar-refractivity contribution in [2.24, 2.45) is 5.92 Å². The van der Waals surface area contributed by atoms with Crippen LogP contribution in [0.2, 0.25) is 15.1 Å². The summed E-state index contributed by atoms with van der Waals surface area (Å²) in [6, 6.07) is 17.4. The molecular formula is C24H15Cl5INO2. The molecule has 9 heteroatoms. The van der Waals surface area contributed by atoms with Gasteiger partial charge in [-0.2, -0.15) is 0 Å². The standard InChI is InChI=1S/C24H15Cl5INO2/c25-14-8-13(9-15(26)10-14)21-22(24(21,28)29)23(33)31-17-5-6-19(27)18(11-17)20(32)7-12-1-3-16(30)4-2-12/h1-6,8-11,21-22H,7H2,(H,31,33). The number of Topliss-reactive ketones (excluding diaryl/α,β-unsaturated/α-hetero) is 1. The van der Waals surface area contributed by atoms with Gasteiger partial charge in [-0.15, -0.1) is 23.2 Å². The second kappa shape index (κ2) is 9.92. The smallest absolute Gasteiger partial charge is 0.231 e. The van der Waals surface area contributed by atoms with Gasteiger partial charge in [-0.05, 0) is 82.2 Å². The molecule has 1 aliphatic carbocycles. The lowest BCUT2D eigenvalue weighted by atomic mass is 10.0. The SMILES string of the molecule is O=C(Cc1ccc(I)cc1)c1cc(NC(=O)C2C(c3cc(Cl)cc(Cl)c3)C2(Cl)Cl)ccc1Cl. The maximum atomic E-state index is 13.0. The molecule has 1 amide bonds. The summed E-state index contributed by atoms with van der Waals surface area (Å²) in [5, 5.41) is 3.97. The topological polar surface area (TPSA) is 46.2 Å². The van der Waals surface area contributed by atoms with Crippen LogP contribution in [-0.4, -0.2) is 16.0 Å². The highest BCUT2D eigenvalue weighted by Gasteiger charge is 2.67. The number of hydrogen-bond donors (Lipinski definition) is 1. The summed E-state index contributed by atoms with van der Waals surface area (Å²) in [6.07, 6.45) is 0.195. The molecule has 4 rings (SSSR count). The Bertz CT molecular complexity index is 1230. The molecule has 1 N–H and O–H groups in total. The number of carbonyl (C=O) groups is 2. The van der Waals surface area contributed by atoms with E-state index < -0.39 is 16.2 Å². The van der Waals surface area contributed by atoms with Crippen molar-refractivity contribution in [3.8, 4) is 0 Å². The molecule has 0 aliphatic heterocycles. The molecule has 0 heterocycles. The summed E-state index contributed by atoms with van der Waals surface area (Å²) in [6.45, 7) is 0. The van der Waals surface area contributed by atoms with Crippen LogP contribution in [0.15, 0.2) is 60.7 Å². The number of halogens is 6. The van der Waals surface area contributed by atoms with Gasteiger partial charge < -0.3 is 5.32 Å². The molecule has 0 saturated heterocycles. The number of amides is 1. The van der Waals surface area contributed by atoms with Gasteiger partial charge in [0.1, 0.15) is 4.33 Å². The molecule has 3 aromatic rings. The summed E-state index contributed by atoms with van der Waals surface area (Å²) in [5.41, 5.74) is 2.31. The Morgan fingerprint density at radius 3 is 2.18 bits per heavy atom. The molecular weight excluding hydrogens is 638 g/mol. The third-order valence-electron chi connectivity index (χ3n) is 5.39. The maximum absolute atomic E-state index is 13.0. The van der Waals surface area contributed by atoms with Gasteiger partial charge in [0, 0.05) is 37.2 Å². The zero-order valence-electron chi connectivity index (χ0n) is 16.7. The first-order valence-corrected chi connectivity index (χ1v) is 12.7. The van der Waals surface area contributed by atoms with Crippen molar-refractivity contribution < 1.29 is 9.59 Å². The molecule has 170 valence electrons. The van der Waals surface area contributed by atoms with Gasteiger partial charge in [-0.1, -0.05) is 46.9 Å². The minimum absolute atomic E-state index is 0.154. The van der Waals surface area contributed by atoms with Crippen LogP contribution < -0.4 is 5.32 Å². The van der Waals surface area contributed by atoms with Crippen LogP contribution in [0.1, 0.15) is 27.4 Å². The quantitative estimate of drug-likeness (QED) is 0.166. The minimum atomic E-state index is -1.30. The second-order valence-corrected chi connectivity index (χ2v) is 11.7. The monoisotopic (exact) mass is 651 g/mol. The largest absolute Gasteiger partial charge is 0.326 e. The highest BCUT2D eigenvalue weighted by Crippen LogP contribution is 2.65. The fourth-order valence-corrected chi connectivity index (χ4v) is 5.70. The lowest BCUT2D eigenvalue weighted by molar-refractivity contribution is -0.117. The van der Waals surface area contributed by atoms with Crippen molar-refractivity contribution in [2.75, 3.05) is 5.32 Å². The van der Waals surface area contributed by atoms with Gasteiger partial charge in [0.15, 0.2) is 5.78 Å². The van der Waals surface area contributed by atoms with Gasteiger partial charge in [0.2, 0.25) is 5.91 Å². The third kappa shape index (κ3) is 5.63. The van der Waals surface area contributed by atoms with Gasteiger partial charge in [0.05, 0.1) is 10.9 Å². The second-order valence-electron chi connectivity index (χ2n) is 7.74. The van der Waals surface area contributed by atoms with Crippen LogP contribution in [0, 0.1) is 9.49 Å². The number of anilines is 1. The fraction of sp³-hybridized carbons (Fsp3) is 0.167. The first-order chi connectivity index (χ1) is 15.6. The van der Waals surface area contributed by atoms with Gasteiger partial charge in [-0.25, -0.2) is 0 Å². The van der Waals surface area contributed by atoms with Crippen LogP contribution in [0.4, 0.5) is 5.69 Å². The predicted molar refractivity (Wildman–Crippen MR) is 144 cm³/mol. The summed E-state index contributed by atoms with van der Waals surface area (Å²) in [7, 11) is 0. The summed E-state index contributed by atoms with van der Waals surface area (Å²) < 4.78 is -0.215. The molecule has 1 saturated carbocycles. The highest BCUT2D eigenvalue weighted by molar-refractivity contribution is 14.1. The normalized spacial score (nSPS) is 18.6. The Labute approximate surface area is 229 Å². The molecule has 2 unspecified atom stereocenters. The molecule has 1 aliphatic rings. The first kappa shape index (κ1) is 25.1. The number of hydrogen-bond acceptors (Lipinski definition) is 2. The summed E-state index contributed by atoms with van der Waals surface area (Å²) in [4.78, 5) is 25.8. The Morgan fingerprint density at radius 1 is 0.909 bits per heavy atom. The highest BCUT2D eigenvalue weighted by atomic mass is 127. The van der Waals surface area contributed by atoms with E-state index in [-0.39, 0.29) is 18.1 Å². The van der Waals surface area contributed by atoms with E-state index >= 15 is 0 Å². The lowest BCUT2D eigenvalue weighted by Crippen LogP contribution is -2.17. The molecule has 2 atom stereocenters. The van der Waals surface area contributed by atoms with Crippen LogP contribution in [0.25, 0.3) is 0 Å². The van der Waals surface area contributed by atoms with E-state index in [0.29, 0.717) is 31.9 Å². The zero-order chi connectivity index (χ0) is 23.9. The lowest BCUT2D eigenvalue weighted by Gasteiger charge is -2.09. The Hall–Kier alpha value is -1.02. The van der Waals surface area contributed by atoms with Gasteiger partial charge in [-0.3, -0.25) is 9.59 Å². The number of nitrogens with one attached hydrogen (secondary N) is 1. The Morgan fingerprint density at radius 2 is 1.55 bits per heavy atom. The van der Waals surface area contributed by atoms with Crippen LogP contribution in [-0.2, 0) is 11.2 Å². The molecule has 3 nitrogen and oxygen atoms in total. The summed E-state index contributed by atoms with van der Waals surface area (Å²) >= 11 is 33.5. The van der Waals surface area contributed by atoms with E-state index in [4.69, 9.17) is 58.0 Å². The molecule has 0 radical (unpaired) electrons. The third-order valence-corrected chi connectivity index (χ3v) is 7.82. The van der Waals surface area contributed by atoms with Crippen molar-refractivity contribution in [3.63, 3.8) is 0 Å². The molecule has 0 bridgehead atoms. The van der Waals surface area contributed by atoms with Crippen molar-refractivity contribution in [3.05, 3.63) is 96.0 Å². The number of alkyl halides is 2. The Balaban J connectivity index is 1.50. The average molecular weight is 654 g/mol. The number of carbonyl (C=O) groups excluding carboxylic acids is 2. The molecule has 3 aromatic carbocycles. The number of ketones is 1. The van der Waals surface area contributed by atoms with Gasteiger partial charge in [0.25, 0.3) is 0 Å². The minimum Gasteiger partial charge on any atom is -0.326 e. The Kier molecular flexibility index (Phi) is 7.54. The maximum Gasteiger partial charge on any atom is 0.231 e. The molecule has 1 fully saturated rings. The summed E-state index contributed by atoms with van der Waals surface area (Å²) in [5.74, 6) is -1.71. The van der Waals surface area contributed by atoms with Crippen LogP contribution >= 0.6 is 80.6 Å². The molecule has 0 aromatic heterocycles. The molecule has 0 spiro atoms. The van der Waals surface area contributed by atoms with E-state index in [2.05, 4.69) is 27.9 Å². The zero-order valence-corrected chi connectivity index (χ0v) is 22.7. The van der Waals surface area contributed by atoms with Crippen molar-refractivity contribution >= 4 is 98.0 Å². The number of benzene rings is 3. The van der Waals surface area contributed by atoms with E-state index in [1.54, 1.807) is 36.4 Å². The van der Waals surface area contributed by atoms with E-state index in [9.17, 15) is 9.59 Å². The number of rotatable bonds is 6. The van der Waals surface area contributed by atoms with Crippen molar-refractivity contribution in [2.45, 2.75) is 16.7 Å². The van der Waals surface area contributed by atoms with E-state index in [1.807, 2.05) is 24.3 Å². The van der Waals surface area contributed by atoms with Crippen molar-refractivity contribution in [1.29, 1.82) is 0 Å². The average Bonchev–Trinajstić information content (AvgIpc) is 3.32. The fourth-order valence-electron chi connectivity index (χ4n) is 3.74. The van der Waals surface area contributed by atoms with Crippen LogP contribution in [0.5, 0.6) is 0 Å². The predicted octanol–water partition coefficient (Wildman–Crippen LogP) is 8.20. The van der Waals surface area contributed by atoms with Crippen molar-refractivity contribution in [1.82, 2.24) is 0 Å². The van der Waals surface area contributed by atoms with E-state index in [0.717, 1.165) is 9.13 Å².